The minimum atomic E-state index is -0.953. The van der Waals surface area contributed by atoms with E-state index in [1.807, 2.05) is 30.3 Å². The molecule has 3 rings (SSSR count). The third-order valence-corrected chi connectivity index (χ3v) is 5.12. The summed E-state index contributed by atoms with van der Waals surface area (Å²) in [5.74, 6) is -1.15. The van der Waals surface area contributed by atoms with Crippen molar-refractivity contribution in [1.82, 2.24) is 0 Å². The molecule has 2 amide bonds. The smallest absolute Gasteiger partial charge is 0.397 e. The predicted octanol–water partition coefficient (Wildman–Crippen LogP) is 4.87. The Labute approximate surface area is 203 Å². The number of esters is 1. The van der Waals surface area contributed by atoms with Gasteiger partial charge in [0.15, 0.2) is 0 Å². The summed E-state index contributed by atoms with van der Waals surface area (Å²) in [6.45, 7) is 5.33. The van der Waals surface area contributed by atoms with Gasteiger partial charge in [-0.25, -0.2) is 4.79 Å². The molecule has 0 spiro atoms. The van der Waals surface area contributed by atoms with Gasteiger partial charge in [0, 0.05) is 18.2 Å². The van der Waals surface area contributed by atoms with E-state index in [1.165, 1.54) is 6.07 Å². The molecule has 0 bridgehead atoms. The quantitative estimate of drug-likeness (QED) is 0.243. The third kappa shape index (κ3) is 7.07. The number of ether oxygens (including phenoxy) is 2. The topological polar surface area (TPSA) is 114 Å². The van der Waals surface area contributed by atoms with Crippen molar-refractivity contribution in [2.75, 3.05) is 17.2 Å². The first-order valence-corrected chi connectivity index (χ1v) is 11.2. The number of phenols is 1. The molecule has 0 heterocycles. The van der Waals surface area contributed by atoms with Crippen LogP contribution in [0.3, 0.4) is 0 Å². The molecule has 0 aliphatic carbocycles. The monoisotopic (exact) mass is 476 g/mol. The first kappa shape index (κ1) is 25.3. The lowest BCUT2D eigenvalue weighted by molar-refractivity contribution is -0.152. The van der Waals surface area contributed by atoms with Gasteiger partial charge in [-0.15, -0.1) is 0 Å². The summed E-state index contributed by atoms with van der Waals surface area (Å²) < 4.78 is 10.7. The van der Waals surface area contributed by atoms with Crippen molar-refractivity contribution in [3.63, 3.8) is 0 Å². The standard InChI is InChI=1S/C27H28N2O6/c1-4-34-27(33)26(32)28-20-14-17(2)25(18(3)15-20)35-21-11-12-23(30)22(16-21)29-24(31)13-10-19-8-6-5-7-9-19/h5-9,11-12,14-16,30H,4,10,13H2,1-3H3,(H,28,32)(H,29,31). The molecule has 0 aliphatic heterocycles. The van der Waals surface area contributed by atoms with Crippen molar-refractivity contribution < 1.29 is 29.0 Å². The number of hydrogen-bond donors (Lipinski definition) is 3. The van der Waals surface area contributed by atoms with E-state index in [0.717, 1.165) is 5.56 Å². The van der Waals surface area contributed by atoms with Crippen LogP contribution in [0.2, 0.25) is 0 Å². The molecule has 0 atom stereocenters. The van der Waals surface area contributed by atoms with Crippen molar-refractivity contribution >= 4 is 29.2 Å². The molecule has 3 aromatic rings. The van der Waals surface area contributed by atoms with E-state index in [9.17, 15) is 19.5 Å². The van der Waals surface area contributed by atoms with E-state index in [0.29, 0.717) is 34.7 Å². The molecule has 0 saturated carbocycles. The maximum absolute atomic E-state index is 12.4. The largest absolute Gasteiger partial charge is 0.506 e. The van der Waals surface area contributed by atoms with E-state index in [1.54, 1.807) is 45.0 Å². The normalized spacial score (nSPS) is 10.4. The van der Waals surface area contributed by atoms with Crippen molar-refractivity contribution in [2.24, 2.45) is 0 Å². The molecule has 0 aromatic heterocycles. The van der Waals surface area contributed by atoms with Gasteiger partial charge in [-0.1, -0.05) is 30.3 Å². The van der Waals surface area contributed by atoms with Gasteiger partial charge in [0.1, 0.15) is 17.2 Å². The Hall–Kier alpha value is -4.33. The van der Waals surface area contributed by atoms with Gasteiger partial charge in [-0.2, -0.15) is 0 Å². The average Bonchev–Trinajstić information content (AvgIpc) is 2.83. The number of anilines is 2. The average molecular weight is 477 g/mol. The van der Waals surface area contributed by atoms with Gasteiger partial charge < -0.3 is 25.2 Å². The maximum atomic E-state index is 12.4. The third-order valence-electron chi connectivity index (χ3n) is 5.12. The molecule has 0 aliphatic rings. The number of phenolic OH excluding ortho intramolecular Hbond substituents is 1. The van der Waals surface area contributed by atoms with Crippen LogP contribution in [0.4, 0.5) is 11.4 Å². The van der Waals surface area contributed by atoms with Crippen LogP contribution in [0.1, 0.15) is 30.0 Å². The molecule has 0 radical (unpaired) electrons. The van der Waals surface area contributed by atoms with Crippen molar-refractivity contribution in [3.05, 3.63) is 77.4 Å². The molecule has 182 valence electrons. The van der Waals surface area contributed by atoms with Crippen molar-refractivity contribution in [2.45, 2.75) is 33.6 Å². The summed E-state index contributed by atoms with van der Waals surface area (Å²) in [7, 11) is 0. The van der Waals surface area contributed by atoms with E-state index in [2.05, 4.69) is 10.6 Å². The van der Waals surface area contributed by atoms with E-state index in [4.69, 9.17) is 9.47 Å². The highest BCUT2D eigenvalue weighted by molar-refractivity contribution is 6.37. The number of amides is 2. The zero-order chi connectivity index (χ0) is 25.4. The molecular formula is C27H28N2O6. The summed E-state index contributed by atoms with van der Waals surface area (Å²) in [4.78, 5) is 35.9. The molecule has 3 aromatic carbocycles. The van der Waals surface area contributed by atoms with Gasteiger partial charge in [0.05, 0.1) is 12.3 Å². The van der Waals surface area contributed by atoms with Gasteiger partial charge in [0.2, 0.25) is 5.91 Å². The van der Waals surface area contributed by atoms with Crippen LogP contribution in [-0.4, -0.2) is 29.5 Å². The number of aryl methyl sites for hydroxylation is 3. The van der Waals surface area contributed by atoms with Gasteiger partial charge >= 0.3 is 11.9 Å². The van der Waals surface area contributed by atoms with Crippen LogP contribution in [0.25, 0.3) is 0 Å². The fourth-order valence-corrected chi connectivity index (χ4v) is 3.47. The van der Waals surface area contributed by atoms with Crippen LogP contribution >= 0.6 is 0 Å². The van der Waals surface area contributed by atoms with E-state index < -0.39 is 11.9 Å². The lowest BCUT2D eigenvalue weighted by Gasteiger charge is -2.15. The molecule has 8 heteroatoms. The van der Waals surface area contributed by atoms with Crippen molar-refractivity contribution in [1.29, 1.82) is 0 Å². The predicted molar refractivity (Wildman–Crippen MR) is 133 cm³/mol. The maximum Gasteiger partial charge on any atom is 0.397 e. The first-order valence-electron chi connectivity index (χ1n) is 11.2. The highest BCUT2D eigenvalue weighted by Gasteiger charge is 2.17. The Morgan fingerprint density at radius 3 is 2.26 bits per heavy atom. The van der Waals surface area contributed by atoms with Crippen LogP contribution in [-0.2, 0) is 25.5 Å². The van der Waals surface area contributed by atoms with Crippen LogP contribution in [0, 0.1) is 13.8 Å². The molecule has 0 unspecified atom stereocenters. The Balaban J connectivity index is 1.68. The fraction of sp³-hybridized carbons (Fsp3) is 0.222. The second-order valence-electron chi connectivity index (χ2n) is 7.93. The number of hydrogen-bond acceptors (Lipinski definition) is 6. The highest BCUT2D eigenvalue weighted by atomic mass is 16.5. The van der Waals surface area contributed by atoms with Crippen LogP contribution in [0.15, 0.2) is 60.7 Å². The summed E-state index contributed by atoms with van der Waals surface area (Å²) in [6.07, 6.45) is 0.854. The van der Waals surface area contributed by atoms with Gasteiger partial charge in [0.25, 0.3) is 0 Å². The molecule has 0 fully saturated rings. The number of carbonyl (C=O) groups excluding carboxylic acids is 3. The Bertz CT molecular complexity index is 1200. The van der Waals surface area contributed by atoms with Gasteiger partial charge in [-0.3, -0.25) is 9.59 Å². The molecular weight excluding hydrogens is 448 g/mol. The molecule has 0 saturated heterocycles. The summed E-state index contributed by atoms with van der Waals surface area (Å²) in [5, 5.41) is 15.4. The van der Waals surface area contributed by atoms with E-state index in [-0.39, 0.29) is 30.4 Å². The Morgan fingerprint density at radius 1 is 0.914 bits per heavy atom. The number of rotatable bonds is 8. The summed E-state index contributed by atoms with van der Waals surface area (Å²) in [5.41, 5.74) is 3.16. The highest BCUT2D eigenvalue weighted by Crippen LogP contribution is 2.35. The summed E-state index contributed by atoms with van der Waals surface area (Å²) in [6, 6.07) is 17.6. The fourth-order valence-electron chi connectivity index (χ4n) is 3.47. The summed E-state index contributed by atoms with van der Waals surface area (Å²) >= 11 is 0. The lowest BCUT2D eigenvalue weighted by Crippen LogP contribution is -2.25. The second-order valence-corrected chi connectivity index (χ2v) is 7.93. The van der Waals surface area contributed by atoms with Crippen LogP contribution in [0.5, 0.6) is 17.2 Å². The molecule has 8 nitrogen and oxygen atoms in total. The Morgan fingerprint density at radius 2 is 1.60 bits per heavy atom. The first-order chi connectivity index (χ1) is 16.8. The number of benzene rings is 3. The molecule has 35 heavy (non-hydrogen) atoms. The zero-order valence-electron chi connectivity index (χ0n) is 19.9. The number of nitrogens with one attached hydrogen (secondary N) is 2. The van der Waals surface area contributed by atoms with Crippen LogP contribution < -0.4 is 15.4 Å². The minimum Gasteiger partial charge on any atom is -0.506 e. The second kappa shape index (κ2) is 11.7. The molecule has 3 N–H and O–H groups in total. The SMILES string of the molecule is CCOC(=O)C(=O)Nc1cc(C)c(Oc2ccc(O)c(NC(=O)CCc3ccccc3)c2)c(C)c1. The Kier molecular flexibility index (Phi) is 8.45. The lowest BCUT2D eigenvalue weighted by atomic mass is 10.1. The number of carbonyl (C=O) groups is 3. The number of aromatic hydroxyl groups is 1. The zero-order valence-corrected chi connectivity index (χ0v) is 19.9. The van der Waals surface area contributed by atoms with Gasteiger partial charge in [-0.05, 0) is 68.1 Å². The minimum absolute atomic E-state index is 0.0733. The van der Waals surface area contributed by atoms with Crippen molar-refractivity contribution in [3.8, 4) is 17.2 Å². The van der Waals surface area contributed by atoms with E-state index >= 15 is 0 Å².